The molecule has 0 atom stereocenters. The molecule has 144 valence electrons. The van der Waals surface area contributed by atoms with Crippen LogP contribution in [0, 0.1) is 12.8 Å². The Hall–Kier alpha value is -2.54. The number of nitrogens with one attached hydrogen (secondary N) is 2. The molecule has 0 unspecified atom stereocenters. The Labute approximate surface area is 162 Å². The molecule has 0 aliphatic heterocycles. The maximum absolute atomic E-state index is 12.3. The number of hydrogen-bond acceptors (Lipinski definition) is 5. The van der Waals surface area contributed by atoms with Gasteiger partial charge in [0.25, 0.3) is 5.91 Å². The summed E-state index contributed by atoms with van der Waals surface area (Å²) < 4.78 is 10.7. The van der Waals surface area contributed by atoms with Crippen molar-refractivity contribution in [1.29, 1.82) is 0 Å². The van der Waals surface area contributed by atoms with E-state index >= 15 is 0 Å². The van der Waals surface area contributed by atoms with Crippen LogP contribution in [0.15, 0.2) is 30.3 Å². The minimum absolute atomic E-state index is 0.0545. The van der Waals surface area contributed by atoms with E-state index in [2.05, 4.69) is 10.6 Å². The van der Waals surface area contributed by atoms with E-state index in [4.69, 9.17) is 9.47 Å². The molecule has 6 nitrogen and oxygen atoms in total. The van der Waals surface area contributed by atoms with E-state index in [9.17, 15) is 9.59 Å². The van der Waals surface area contributed by atoms with Gasteiger partial charge in [-0.2, -0.15) is 0 Å². The second-order valence-corrected chi connectivity index (χ2v) is 7.57. The number of ether oxygens (including phenoxy) is 2. The first-order chi connectivity index (χ1) is 13.1. The molecule has 0 saturated heterocycles. The molecular weight excluding hydrogens is 364 g/mol. The van der Waals surface area contributed by atoms with E-state index in [-0.39, 0.29) is 17.7 Å². The molecular formula is C20H24N2O4S. The third kappa shape index (κ3) is 5.47. The molecule has 1 heterocycles. The molecule has 1 aliphatic carbocycles. The molecule has 2 amide bonds. The van der Waals surface area contributed by atoms with Crippen LogP contribution >= 0.6 is 11.3 Å². The van der Waals surface area contributed by atoms with Crippen molar-refractivity contribution in [3.63, 3.8) is 0 Å². The van der Waals surface area contributed by atoms with Gasteiger partial charge in [-0.05, 0) is 62.1 Å². The minimum atomic E-state index is -0.117. The highest BCUT2D eigenvalue weighted by atomic mass is 32.1. The van der Waals surface area contributed by atoms with Gasteiger partial charge in [0.2, 0.25) is 5.91 Å². The van der Waals surface area contributed by atoms with Crippen molar-refractivity contribution in [2.45, 2.75) is 26.2 Å². The quantitative estimate of drug-likeness (QED) is 0.644. The van der Waals surface area contributed by atoms with Gasteiger partial charge < -0.3 is 20.1 Å². The summed E-state index contributed by atoms with van der Waals surface area (Å²) in [5.41, 5.74) is 0.873. The number of methoxy groups -OCH3 is 1. The van der Waals surface area contributed by atoms with Crippen LogP contribution in [0.3, 0.4) is 0 Å². The topological polar surface area (TPSA) is 76.7 Å². The fourth-order valence-electron chi connectivity index (χ4n) is 2.55. The van der Waals surface area contributed by atoms with Gasteiger partial charge in [-0.1, -0.05) is 0 Å². The molecule has 2 N–H and O–H groups in total. The molecule has 0 radical (unpaired) electrons. The molecule has 0 spiro atoms. The Morgan fingerprint density at radius 1 is 1.19 bits per heavy atom. The zero-order valence-corrected chi connectivity index (χ0v) is 16.4. The Balaban J connectivity index is 1.39. The van der Waals surface area contributed by atoms with Crippen molar-refractivity contribution >= 4 is 28.2 Å². The number of carbonyl (C=O) groups excluding carboxylic acids is 2. The molecule has 1 aliphatic rings. The Bertz CT molecular complexity index is 797. The molecule has 27 heavy (non-hydrogen) atoms. The number of thiophene rings is 1. The van der Waals surface area contributed by atoms with Crippen LogP contribution in [-0.4, -0.2) is 32.1 Å². The Morgan fingerprint density at radius 3 is 2.56 bits per heavy atom. The maximum Gasteiger partial charge on any atom is 0.261 e. The summed E-state index contributed by atoms with van der Waals surface area (Å²) in [6, 6.07) is 9.24. The van der Waals surface area contributed by atoms with Crippen LogP contribution in [0.25, 0.3) is 0 Å². The third-order valence-corrected chi connectivity index (χ3v) is 5.40. The van der Waals surface area contributed by atoms with Crippen molar-refractivity contribution in [1.82, 2.24) is 5.32 Å². The van der Waals surface area contributed by atoms with Crippen LogP contribution < -0.4 is 20.1 Å². The molecule has 7 heteroatoms. The van der Waals surface area contributed by atoms with Gasteiger partial charge in [0.1, 0.15) is 11.5 Å². The lowest BCUT2D eigenvalue weighted by atomic mass is 10.2. The lowest BCUT2D eigenvalue weighted by Gasteiger charge is -2.08. The summed E-state index contributed by atoms with van der Waals surface area (Å²) in [6.07, 6.45) is 2.62. The predicted molar refractivity (Wildman–Crippen MR) is 106 cm³/mol. The van der Waals surface area contributed by atoms with Gasteiger partial charge in [0, 0.05) is 12.5 Å². The molecule has 1 aromatic heterocycles. The van der Waals surface area contributed by atoms with Crippen molar-refractivity contribution in [2.75, 3.05) is 25.6 Å². The van der Waals surface area contributed by atoms with Crippen LogP contribution in [0.5, 0.6) is 11.5 Å². The van der Waals surface area contributed by atoms with E-state index < -0.39 is 0 Å². The second kappa shape index (κ2) is 8.90. The first-order valence-corrected chi connectivity index (χ1v) is 9.85. The lowest BCUT2D eigenvalue weighted by molar-refractivity contribution is -0.117. The number of amides is 2. The normalized spacial score (nSPS) is 13.1. The van der Waals surface area contributed by atoms with Crippen LogP contribution in [-0.2, 0) is 4.79 Å². The van der Waals surface area contributed by atoms with Gasteiger partial charge in [0.15, 0.2) is 0 Å². The van der Waals surface area contributed by atoms with Gasteiger partial charge in [-0.25, -0.2) is 0 Å². The Morgan fingerprint density at radius 2 is 1.89 bits per heavy atom. The second-order valence-electron chi connectivity index (χ2n) is 6.52. The van der Waals surface area contributed by atoms with E-state index in [1.54, 1.807) is 7.11 Å². The molecule has 2 aromatic rings. The van der Waals surface area contributed by atoms with Gasteiger partial charge in [0.05, 0.1) is 23.6 Å². The number of hydrogen-bond donors (Lipinski definition) is 2. The average molecular weight is 388 g/mol. The lowest BCUT2D eigenvalue weighted by Crippen LogP contribution is -2.25. The summed E-state index contributed by atoms with van der Waals surface area (Å²) in [7, 11) is 1.62. The molecule has 1 fully saturated rings. The smallest absolute Gasteiger partial charge is 0.261 e. The summed E-state index contributed by atoms with van der Waals surface area (Å²) in [6.45, 7) is 2.92. The van der Waals surface area contributed by atoms with Crippen molar-refractivity contribution in [2.24, 2.45) is 5.92 Å². The van der Waals surface area contributed by atoms with Crippen LogP contribution in [0.4, 0.5) is 5.00 Å². The van der Waals surface area contributed by atoms with E-state index in [1.165, 1.54) is 11.3 Å². The van der Waals surface area contributed by atoms with Crippen LogP contribution in [0.2, 0.25) is 0 Å². The van der Waals surface area contributed by atoms with Crippen molar-refractivity contribution in [3.05, 3.63) is 40.8 Å². The highest BCUT2D eigenvalue weighted by molar-refractivity contribution is 7.18. The number of anilines is 1. The first-order valence-electron chi connectivity index (χ1n) is 9.03. The molecule has 1 aromatic carbocycles. The number of aryl methyl sites for hydroxylation is 1. The highest BCUT2D eigenvalue weighted by Gasteiger charge is 2.30. The zero-order chi connectivity index (χ0) is 19.2. The van der Waals surface area contributed by atoms with Gasteiger partial charge in [-0.3, -0.25) is 9.59 Å². The van der Waals surface area contributed by atoms with Crippen molar-refractivity contribution < 1.29 is 19.1 Å². The summed E-state index contributed by atoms with van der Waals surface area (Å²) >= 11 is 1.32. The third-order valence-electron chi connectivity index (χ3n) is 4.25. The van der Waals surface area contributed by atoms with E-state index in [1.807, 2.05) is 37.3 Å². The number of benzene rings is 1. The summed E-state index contributed by atoms with van der Waals surface area (Å²) in [5.74, 6) is 1.64. The summed E-state index contributed by atoms with van der Waals surface area (Å²) in [5, 5.41) is 6.53. The van der Waals surface area contributed by atoms with Gasteiger partial charge >= 0.3 is 0 Å². The maximum atomic E-state index is 12.3. The van der Waals surface area contributed by atoms with E-state index in [0.717, 1.165) is 34.9 Å². The average Bonchev–Trinajstić information content (AvgIpc) is 3.45. The van der Waals surface area contributed by atoms with Crippen LogP contribution in [0.1, 0.15) is 34.5 Å². The zero-order valence-electron chi connectivity index (χ0n) is 15.5. The Kier molecular flexibility index (Phi) is 6.34. The minimum Gasteiger partial charge on any atom is -0.497 e. The summed E-state index contributed by atoms with van der Waals surface area (Å²) in [4.78, 5) is 24.8. The highest BCUT2D eigenvalue weighted by Crippen LogP contribution is 2.32. The number of rotatable bonds is 9. The largest absolute Gasteiger partial charge is 0.497 e. The fraction of sp³-hybridized carbons (Fsp3) is 0.400. The predicted octanol–water partition coefficient (Wildman–Crippen LogP) is 3.61. The van der Waals surface area contributed by atoms with Crippen molar-refractivity contribution in [3.8, 4) is 11.5 Å². The standard InChI is InChI=1S/C20H24N2O4S/c1-13-12-17(22-19(23)14-4-5-14)27-18(13)20(24)21-10-3-11-26-16-8-6-15(25-2)7-9-16/h6-9,12,14H,3-5,10-11H2,1-2H3,(H,21,24)(H,22,23). The first kappa shape index (κ1) is 19.2. The van der Waals surface area contributed by atoms with Gasteiger partial charge in [-0.15, -0.1) is 11.3 Å². The van der Waals surface area contributed by atoms with E-state index in [0.29, 0.717) is 24.4 Å². The monoisotopic (exact) mass is 388 g/mol. The molecule has 3 rings (SSSR count). The molecule has 1 saturated carbocycles. The fourth-order valence-corrected chi connectivity index (χ4v) is 3.55. The number of carbonyl (C=O) groups is 2. The SMILES string of the molecule is COc1ccc(OCCCNC(=O)c2sc(NC(=O)C3CC3)cc2C)cc1. The molecule has 0 bridgehead atoms.